The van der Waals surface area contributed by atoms with Crippen LogP contribution in [0.3, 0.4) is 0 Å². The Morgan fingerprint density at radius 2 is 2.19 bits per heavy atom. The summed E-state index contributed by atoms with van der Waals surface area (Å²) in [6.07, 6.45) is 1.99. The topological polar surface area (TPSA) is 96.0 Å². The van der Waals surface area contributed by atoms with E-state index < -0.39 is 10.0 Å². The molecule has 3 rings (SSSR count). The maximum absolute atomic E-state index is 12.9. The molecule has 2 heterocycles. The fourth-order valence-electron chi connectivity index (χ4n) is 3.24. The van der Waals surface area contributed by atoms with Crippen molar-refractivity contribution >= 4 is 39.1 Å². The second-order valence-corrected chi connectivity index (χ2v) is 9.38. The van der Waals surface area contributed by atoms with Crippen molar-refractivity contribution in [2.75, 3.05) is 38.6 Å². The average molecular weight is 416 g/mol. The number of sulfonamides is 1. The standard InChI is InChI=1S/C17H22ClN3O5S/c1-11-4-3-5-21(8-11)17(23)9-20(2)27(24,25)15-7-14-13(6-12(15)18)19-16(22)10-26-14/h6-7,11H,3-5,8-10H2,1-2H3,(H,19,22)/t11-/m0/s1. The summed E-state index contributed by atoms with van der Waals surface area (Å²) < 4.78 is 32.1. The quantitative estimate of drug-likeness (QED) is 0.804. The van der Waals surface area contributed by atoms with Crippen LogP contribution in [0.4, 0.5) is 5.69 Å². The van der Waals surface area contributed by atoms with E-state index >= 15 is 0 Å². The maximum Gasteiger partial charge on any atom is 0.262 e. The lowest BCUT2D eigenvalue weighted by Crippen LogP contribution is -2.45. The predicted octanol–water partition coefficient (Wildman–Crippen LogP) is 1.55. The van der Waals surface area contributed by atoms with Crippen LogP contribution < -0.4 is 10.1 Å². The molecule has 0 spiro atoms. The van der Waals surface area contributed by atoms with Crippen LogP contribution in [-0.4, -0.2) is 62.7 Å². The molecule has 0 bridgehead atoms. The molecule has 0 radical (unpaired) electrons. The number of carbonyl (C=O) groups is 2. The maximum atomic E-state index is 12.9. The monoisotopic (exact) mass is 415 g/mol. The third-order valence-electron chi connectivity index (χ3n) is 4.72. The molecule has 0 saturated carbocycles. The van der Waals surface area contributed by atoms with E-state index in [0.717, 1.165) is 17.1 Å². The Labute approximate surface area is 163 Å². The van der Waals surface area contributed by atoms with Crippen LogP contribution in [-0.2, 0) is 19.6 Å². The number of rotatable bonds is 4. The van der Waals surface area contributed by atoms with E-state index in [4.69, 9.17) is 16.3 Å². The van der Waals surface area contributed by atoms with Gasteiger partial charge in [0.05, 0.1) is 17.3 Å². The summed E-state index contributed by atoms with van der Waals surface area (Å²) in [7, 11) is -2.66. The van der Waals surface area contributed by atoms with E-state index in [-0.39, 0.29) is 40.6 Å². The Balaban J connectivity index is 1.79. The number of likely N-dealkylation sites (tertiary alicyclic amines) is 1. The molecule has 2 aliphatic heterocycles. The highest BCUT2D eigenvalue weighted by Crippen LogP contribution is 2.36. The number of nitrogens with one attached hydrogen (secondary N) is 1. The summed E-state index contributed by atoms with van der Waals surface area (Å²) in [5.41, 5.74) is 0.316. The molecule has 0 aromatic heterocycles. The minimum Gasteiger partial charge on any atom is -0.482 e. The number of benzene rings is 1. The Hall–Kier alpha value is -1.84. The molecular weight excluding hydrogens is 394 g/mol. The van der Waals surface area contributed by atoms with Gasteiger partial charge in [0.25, 0.3) is 5.91 Å². The smallest absolute Gasteiger partial charge is 0.262 e. The Morgan fingerprint density at radius 1 is 1.44 bits per heavy atom. The minimum absolute atomic E-state index is 0.0505. The van der Waals surface area contributed by atoms with Crippen molar-refractivity contribution in [1.82, 2.24) is 9.21 Å². The molecule has 1 aromatic rings. The zero-order chi connectivity index (χ0) is 19.8. The lowest BCUT2D eigenvalue weighted by Gasteiger charge is -2.32. The number of ether oxygens (including phenoxy) is 1. The second kappa shape index (κ2) is 7.65. The fraction of sp³-hybridized carbons (Fsp3) is 0.529. The molecule has 0 unspecified atom stereocenters. The first kappa shape index (κ1) is 19.9. The molecule has 1 fully saturated rings. The van der Waals surface area contributed by atoms with Gasteiger partial charge in [-0.1, -0.05) is 18.5 Å². The number of amides is 2. The first-order valence-corrected chi connectivity index (χ1v) is 10.5. The van der Waals surface area contributed by atoms with Crippen LogP contribution in [0.25, 0.3) is 0 Å². The molecule has 1 saturated heterocycles. The summed E-state index contributed by atoms with van der Waals surface area (Å²) in [5, 5.41) is 2.52. The number of nitrogens with zero attached hydrogens (tertiary/aromatic N) is 2. The largest absolute Gasteiger partial charge is 0.482 e. The normalized spacial score (nSPS) is 20.1. The molecule has 2 aliphatic rings. The van der Waals surface area contributed by atoms with E-state index in [1.807, 2.05) is 0 Å². The SMILES string of the molecule is C[C@H]1CCCN(C(=O)CN(C)S(=O)(=O)c2cc3c(cc2Cl)NC(=O)CO3)C1. The second-order valence-electron chi connectivity index (χ2n) is 6.96. The Morgan fingerprint density at radius 3 is 2.89 bits per heavy atom. The lowest BCUT2D eigenvalue weighted by atomic mass is 10.0. The molecule has 148 valence electrons. The third kappa shape index (κ3) is 4.20. The number of fused-ring (bicyclic) bond motifs is 1. The molecule has 8 nitrogen and oxygen atoms in total. The van der Waals surface area contributed by atoms with Gasteiger partial charge >= 0.3 is 0 Å². The predicted molar refractivity (Wildman–Crippen MR) is 100 cm³/mol. The zero-order valence-electron chi connectivity index (χ0n) is 15.2. The summed E-state index contributed by atoms with van der Waals surface area (Å²) in [5.74, 6) is 0.0621. The average Bonchev–Trinajstić information content (AvgIpc) is 2.60. The summed E-state index contributed by atoms with van der Waals surface area (Å²) in [6.45, 7) is 2.89. The number of halogens is 1. The van der Waals surface area contributed by atoms with Crippen molar-refractivity contribution < 1.29 is 22.7 Å². The lowest BCUT2D eigenvalue weighted by molar-refractivity contribution is -0.132. The first-order chi connectivity index (χ1) is 12.7. The highest BCUT2D eigenvalue weighted by Gasteiger charge is 2.30. The van der Waals surface area contributed by atoms with E-state index in [2.05, 4.69) is 12.2 Å². The van der Waals surface area contributed by atoms with Crippen molar-refractivity contribution in [3.8, 4) is 5.75 Å². The number of piperidine rings is 1. The number of carbonyl (C=O) groups excluding carboxylic acids is 2. The van der Waals surface area contributed by atoms with Crippen molar-refractivity contribution in [1.29, 1.82) is 0 Å². The van der Waals surface area contributed by atoms with Gasteiger partial charge in [0.1, 0.15) is 10.6 Å². The van der Waals surface area contributed by atoms with Gasteiger partial charge in [-0.05, 0) is 24.8 Å². The first-order valence-electron chi connectivity index (χ1n) is 8.69. The van der Waals surface area contributed by atoms with Crippen molar-refractivity contribution in [2.45, 2.75) is 24.7 Å². The van der Waals surface area contributed by atoms with Gasteiger partial charge in [0.15, 0.2) is 6.61 Å². The molecule has 0 aliphatic carbocycles. The van der Waals surface area contributed by atoms with Gasteiger partial charge < -0.3 is 15.0 Å². The van der Waals surface area contributed by atoms with Crippen LogP contribution in [0.15, 0.2) is 17.0 Å². The molecule has 10 heteroatoms. The van der Waals surface area contributed by atoms with Gasteiger partial charge in [0.2, 0.25) is 15.9 Å². The molecule has 1 N–H and O–H groups in total. The highest BCUT2D eigenvalue weighted by molar-refractivity contribution is 7.89. The van der Waals surface area contributed by atoms with Crippen molar-refractivity contribution in [3.63, 3.8) is 0 Å². The van der Waals surface area contributed by atoms with Crippen molar-refractivity contribution in [3.05, 3.63) is 17.2 Å². The number of anilines is 1. The van der Waals surface area contributed by atoms with Gasteiger partial charge in [0, 0.05) is 26.2 Å². The van der Waals surface area contributed by atoms with Gasteiger partial charge in [-0.25, -0.2) is 8.42 Å². The van der Waals surface area contributed by atoms with Gasteiger partial charge in [-0.3, -0.25) is 9.59 Å². The minimum atomic E-state index is -4.00. The van der Waals surface area contributed by atoms with Crippen molar-refractivity contribution in [2.24, 2.45) is 5.92 Å². The van der Waals surface area contributed by atoms with Crippen LogP contribution >= 0.6 is 11.6 Å². The summed E-state index contributed by atoms with van der Waals surface area (Å²) in [4.78, 5) is 25.4. The number of hydrogen-bond donors (Lipinski definition) is 1. The van der Waals surface area contributed by atoms with Crippen LogP contribution in [0.1, 0.15) is 19.8 Å². The summed E-state index contributed by atoms with van der Waals surface area (Å²) in [6, 6.07) is 2.61. The zero-order valence-corrected chi connectivity index (χ0v) is 16.8. The summed E-state index contributed by atoms with van der Waals surface area (Å²) >= 11 is 6.13. The van der Waals surface area contributed by atoms with Crippen LogP contribution in [0.2, 0.25) is 5.02 Å². The van der Waals surface area contributed by atoms with E-state index in [9.17, 15) is 18.0 Å². The Kier molecular flexibility index (Phi) is 5.64. The number of hydrogen-bond acceptors (Lipinski definition) is 5. The molecule has 2 amide bonds. The molecular formula is C17H22ClN3O5S. The van der Waals surface area contributed by atoms with E-state index in [1.54, 1.807) is 4.90 Å². The van der Waals surface area contributed by atoms with Gasteiger partial charge in [-0.15, -0.1) is 0 Å². The number of likely N-dealkylation sites (N-methyl/N-ethyl adjacent to an activating group) is 1. The van der Waals surface area contributed by atoms with Crippen LogP contribution in [0, 0.1) is 5.92 Å². The molecule has 27 heavy (non-hydrogen) atoms. The molecule has 1 aromatic carbocycles. The van der Waals surface area contributed by atoms with Gasteiger partial charge in [-0.2, -0.15) is 4.31 Å². The third-order valence-corrected chi connectivity index (χ3v) is 6.99. The molecule has 1 atom stereocenters. The van der Waals surface area contributed by atoms with E-state index in [1.165, 1.54) is 19.2 Å². The highest BCUT2D eigenvalue weighted by atomic mass is 35.5. The Bertz CT molecular complexity index is 874. The van der Waals surface area contributed by atoms with Crippen LogP contribution in [0.5, 0.6) is 5.75 Å². The fourth-order valence-corrected chi connectivity index (χ4v) is 4.87. The van der Waals surface area contributed by atoms with E-state index in [0.29, 0.717) is 24.7 Å².